The van der Waals surface area contributed by atoms with E-state index in [1.54, 1.807) is 36.2 Å². The molecule has 0 aliphatic carbocycles. The van der Waals surface area contributed by atoms with Crippen LogP contribution in [0.25, 0.3) is 22.4 Å². The fourth-order valence-electron chi connectivity index (χ4n) is 5.07. The lowest BCUT2D eigenvalue weighted by molar-refractivity contribution is -0.139. The summed E-state index contributed by atoms with van der Waals surface area (Å²) < 4.78 is 68.7. The Kier molecular flexibility index (Phi) is 8.50. The van der Waals surface area contributed by atoms with Gasteiger partial charge in [-0.15, -0.1) is 0 Å². The summed E-state index contributed by atoms with van der Waals surface area (Å²) in [6.07, 6.45) is -2.12. The molecule has 3 atom stereocenters. The van der Waals surface area contributed by atoms with Crippen LogP contribution in [0.3, 0.4) is 0 Å². The lowest BCUT2D eigenvalue weighted by atomic mass is 10.0. The van der Waals surface area contributed by atoms with Gasteiger partial charge in [-0.3, -0.25) is 9.48 Å². The zero-order valence-corrected chi connectivity index (χ0v) is 23.4. The first-order valence-corrected chi connectivity index (χ1v) is 13.4. The summed E-state index contributed by atoms with van der Waals surface area (Å²) in [7, 11) is 3.41. The Morgan fingerprint density at radius 2 is 2.12 bits per heavy atom. The maximum absolute atomic E-state index is 14.7. The van der Waals surface area contributed by atoms with Crippen LogP contribution in [-0.2, 0) is 17.8 Å². The first-order chi connectivity index (χ1) is 20.0. The van der Waals surface area contributed by atoms with Crippen LogP contribution in [-0.4, -0.2) is 87.5 Å². The summed E-state index contributed by atoms with van der Waals surface area (Å²) >= 11 is 0. The zero-order chi connectivity index (χ0) is 30.0. The normalized spacial score (nSPS) is 18.8. The van der Waals surface area contributed by atoms with Gasteiger partial charge in [-0.25, -0.2) is 4.39 Å². The largest absolute Gasteiger partial charge is 0.406 e. The Labute approximate surface area is 238 Å². The van der Waals surface area contributed by atoms with Crippen LogP contribution >= 0.6 is 0 Å². The highest BCUT2D eigenvalue weighted by atomic mass is 19.4. The number of hydrogen-bond donors (Lipinski definition) is 2. The highest BCUT2D eigenvalue weighted by Crippen LogP contribution is 2.35. The van der Waals surface area contributed by atoms with Crippen LogP contribution in [0.4, 0.5) is 23.2 Å². The minimum atomic E-state index is -4.53. The number of rotatable bonds is 10. The monoisotopic (exact) mass is 592 g/mol. The van der Waals surface area contributed by atoms with Crippen LogP contribution in [0.15, 0.2) is 41.2 Å². The summed E-state index contributed by atoms with van der Waals surface area (Å²) in [5, 5.41) is 14.4. The van der Waals surface area contributed by atoms with E-state index in [9.17, 15) is 22.4 Å². The number of alkyl halides is 4. The van der Waals surface area contributed by atoms with Crippen molar-refractivity contribution in [2.75, 3.05) is 39.2 Å². The van der Waals surface area contributed by atoms with Crippen molar-refractivity contribution in [2.45, 2.75) is 50.9 Å². The van der Waals surface area contributed by atoms with E-state index in [1.807, 2.05) is 18.9 Å². The molecule has 0 spiro atoms. The van der Waals surface area contributed by atoms with E-state index in [0.717, 1.165) is 4.57 Å². The number of ether oxygens (including phenoxy) is 1. The number of methoxy groups -OCH3 is 1. The molecule has 4 heterocycles. The Bertz CT molecular complexity index is 1530. The first kappa shape index (κ1) is 29.5. The Morgan fingerprint density at radius 3 is 2.86 bits per heavy atom. The van der Waals surface area contributed by atoms with Crippen LogP contribution < -0.4 is 10.6 Å². The van der Waals surface area contributed by atoms with Gasteiger partial charge < -0.3 is 29.4 Å². The van der Waals surface area contributed by atoms with E-state index < -0.39 is 30.8 Å². The van der Waals surface area contributed by atoms with Gasteiger partial charge in [0.1, 0.15) is 12.7 Å². The van der Waals surface area contributed by atoms with Crippen molar-refractivity contribution >= 4 is 22.5 Å². The van der Waals surface area contributed by atoms with E-state index in [0.29, 0.717) is 36.2 Å². The molecular formula is C27H32F4N8O3. The van der Waals surface area contributed by atoms with Gasteiger partial charge in [0.25, 0.3) is 5.91 Å². The molecule has 1 unspecified atom stereocenters. The molecule has 5 rings (SSSR count). The molecule has 4 aromatic rings. The van der Waals surface area contributed by atoms with Crippen molar-refractivity contribution in [2.24, 2.45) is 0 Å². The van der Waals surface area contributed by atoms with Gasteiger partial charge in [0, 0.05) is 37.5 Å². The Morgan fingerprint density at radius 1 is 1.31 bits per heavy atom. The molecule has 1 aliphatic rings. The predicted molar refractivity (Wildman–Crippen MR) is 146 cm³/mol. The molecule has 2 N–H and O–H groups in total. The molecule has 1 aromatic carbocycles. The van der Waals surface area contributed by atoms with Crippen molar-refractivity contribution in [1.29, 1.82) is 0 Å². The zero-order valence-electron chi connectivity index (χ0n) is 23.4. The third-order valence-electron chi connectivity index (χ3n) is 7.19. The number of amides is 1. The van der Waals surface area contributed by atoms with Crippen LogP contribution in [0.1, 0.15) is 35.6 Å². The summed E-state index contributed by atoms with van der Waals surface area (Å²) in [6, 6.07) is 5.89. The third kappa shape index (κ3) is 6.57. The number of hydrogen-bond acceptors (Lipinski definition) is 8. The third-order valence-corrected chi connectivity index (χ3v) is 7.19. The number of nitrogens with one attached hydrogen (secondary N) is 2. The summed E-state index contributed by atoms with van der Waals surface area (Å²) in [5.41, 5.74) is 1.19. The molecule has 1 amide bonds. The van der Waals surface area contributed by atoms with E-state index in [4.69, 9.17) is 9.26 Å². The number of anilines is 1. The quantitative estimate of drug-likeness (QED) is 0.265. The first-order valence-electron chi connectivity index (χ1n) is 13.4. The van der Waals surface area contributed by atoms with Gasteiger partial charge >= 0.3 is 6.18 Å². The topological polar surface area (TPSA) is 115 Å². The molecular weight excluding hydrogens is 560 g/mol. The lowest BCUT2D eigenvalue weighted by Crippen LogP contribution is -2.46. The summed E-state index contributed by atoms with van der Waals surface area (Å²) in [4.78, 5) is 18.8. The number of aromatic nitrogens is 5. The number of likely N-dealkylation sites (tertiary alicyclic amines) is 1. The fraction of sp³-hybridized carbons (Fsp3) is 0.481. The molecule has 0 bridgehead atoms. The number of carbonyl (C=O) groups excluding carboxylic acids is 1. The van der Waals surface area contributed by atoms with Crippen molar-refractivity contribution in [3.05, 3.63) is 48.1 Å². The average Bonchev–Trinajstić information content (AvgIpc) is 3.68. The van der Waals surface area contributed by atoms with E-state index in [1.165, 1.54) is 12.3 Å². The smallest absolute Gasteiger partial charge is 0.382 e. The van der Waals surface area contributed by atoms with Gasteiger partial charge in [0.05, 0.1) is 48.2 Å². The maximum Gasteiger partial charge on any atom is 0.406 e. The molecule has 1 saturated heterocycles. The highest BCUT2D eigenvalue weighted by molar-refractivity contribution is 5.96. The number of halogens is 4. The molecule has 42 heavy (non-hydrogen) atoms. The van der Waals surface area contributed by atoms with Crippen molar-refractivity contribution < 1.29 is 31.6 Å². The predicted octanol–water partition coefficient (Wildman–Crippen LogP) is 4.04. The Hall–Kier alpha value is -3.98. The minimum absolute atomic E-state index is 0.00672. The van der Waals surface area contributed by atoms with Gasteiger partial charge in [-0.05, 0) is 38.6 Å². The van der Waals surface area contributed by atoms with Crippen molar-refractivity contribution in [3.8, 4) is 11.5 Å². The van der Waals surface area contributed by atoms with Crippen molar-refractivity contribution in [3.63, 3.8) is 0 Å². The number of fused-ring (bicyclic) bond motifs is 1. The van der Waals surface area contributed by atoms with Gasteiger partial charge in [-0.2, -0.15) is 23.3 Å². The molecule has 11 nitrogen and oxygen atoms in total. The second-order valence-electron chi connectivity index (χ2n) is 10.5. The fourth-order valence-corrected chi connectivity index (χ4v) is 5.07. The molecule has 3 aromatic heterocycles. The number of benzene rings is 1. The van der Waals surface area contributed by atoms with Gasteiger partial charge in [-0.1, -0.05) is 11.2 Å². The molecule has 15 heteroatoms. The minimum Gasteiger partial charge on any atom is -0.382 e. The van der Waals surface area contributed by atoms with Crippen molar-refractivity contribution in [1.82, 2.24) is 34.7 Å². The van der Waals surface area contributed by atoms with E-state index >= 15 is 0 Å². The second kappa shape index (κ2) is 12.1. The van der Waals surface area contributed by atoms with Gasteiger partial charge in [0.2, 0.25) is 11.7 Å². The van der Waals surface area contributed by atoms with Crippen LogP contribution in [0.2, 0.25) is 0 Å². The van der Waals surface area contributed by atoms with Gasteiger partial charge in [0.15, 0.2) is 0 Å². The van der Waals surface area contributed by atoms with E-state index in [2.05, 4.69) is 25.9 Å². The summed E-state index contributed by atoms with van der Waals surface area (Å²) in [6.45, 7) is 1.84. The molecule has 0 saturated carbocycles. The standard InChI is InChI=1S/C27H32F4N8O3/c1-16(14-41-3)39-12-17(10-33-39)26(40)32-11-24-35-25(36-42-24)23-9-18-20(34-21-7-8-37(2)13-19(21)28)5-4-6-22(18)38(23)15-27(29,30)31/h4-6,9-10,12,16,19,21,34H,7-8,11,13-15H2,1-3H3,(H,32,40)/t16?,19-,21+/m0/s1. The number of nitrogens with zero attached hydrogens (tertiary/aromatic N) is 6. The maximum atomic E-state index is 14.7. The highest BCUT2D eigenvalue weighted by Gasteiger charge is 2.32. The lowest BCUT2D eigenvalue weighted by Gasteiger charge is -2.33. The summed E-state index contributed by atoms with van der Waals surface area (Å²) in [5.74, 6) is -0.505. The number of carbonyl (C=O) groups is 1. The second-order valence-corrected chi connectivity index (χ2v) is 10.5. The molecule has 1 fully saturated rings. The van der Waals surface area contributed by atoms with E-state index in [-0.39, 0.29) is 42.1 Å². The Balaban J connectivity index is 1.37. The SMILES string of the molecule is COCC(C)n1cc(C(=O)NCc2nc(-c3cc4c(N[C@@H]5CCN(C)C[C@@H]5F)cccc4n3CC(F)(F)F)no2)cn1. The molecule has 1 aliphatic heterocycles. The average molecular weight is 593 g/mol. The molecule has 0 radical (unpaired) electrons. The van der Waals surface area contributed by atoms with Crippen LogP contribution in [0, 0.1) is 0 Å². The molecule has 226 valence electrons. The van der Waals surface area contributed by atoms with Crippen LogP contribution in [0.5, 0.6) is 0 Å². The number of piperidine rings is 1.